The first-order valence-electron chi connectivity index (χ1n) is 6.72. The zero-order valence-electron chi connectivity index (χ0n) is 12.3. The molecule has 21 heavy (non-hydrogen) atoms. The topological polar surface area (TPSA) is 38.3 Å². The lowest BCUT2D eigenvalue weighted by Crippen LogP contribution is -2.27. The predicted molar refractivity (Wildman–Crippen MR) is 92.8 cm³/mol. The second kappa shape index (κ2) is 6.93. The zero-order valence-corrected chi connectivity index (χ0v) is 14.5. The Morgan fingerprint density at radius 1 is 1.24 bits per heavy atom. The molecule has 0 aromatic heterocycles. The second-order valence-electron chi connectivity index (χ2n) is 4.95. The zero-order chi connectivity index (χ0) is 15.4. The number of halogens is 1. The van der Waals surface area contributed by atoms with Crippen molar-refractivity contribution in [1.29, 1.82) is 0 Å². The van der Waals surface area contributed by atoms with E-state index in [2.05, 4.69) is 27.9 Å². The lowest BCUT2D eigenvalue weighted by atomic mass is 10.0. The molecule has 110 valence electrons. The predicted octanol–water partition coefficient (Wildman–Crippen LogP) is 4.10. The Bertz CT molecular complexity index is 655. The fraction of sp³-hybridized carbons (Fsp3) is 0.235. The third kappa shape index (κ3) is 3.97. The van der Waals surface area contributed by atoms with Crippen molar-refractivity contribution < 1.29 is 9.53 Å². The summed E-state index contributed by atoms with van der Waals surface area (Å²) in [4.78, 5) is 12.3. The molecule has 1 amide bonds. The number of benzene rings is 2. The third-order valence-electron chi connectivity index (χ3n) is 3.29. The second-order valence-corrected chi connectivity index (χ2v) is 6.20. The summed E-state index contributed by atoms with van der Waals surface area (Å²) in [5.74, 6) is 0.709. The molecule has 0 heterocycles. The molecule has 3 nitrogen and oxygen atoms in total. The highest BCUT2D eigenvalue weighted by Crippen LogP contribution is 2.26. The highest BCUT2D eigenvalue weighted by Gasteiger charge is 2.15. The van der Waals surface area contributed by atoms with E-state index in [-0.39, 0.29) is 11.9 Å². The number of carbonyl (C=O) groups excluding carboxylic acids is 1. The monoisotopic (exact) mass is 395 g/mol. The average Bonchev–Trinajstić information content (AvgIpc) is 2.47. The number of amides is 1. The maximum absolute atomic E-state index is 12.3. The number of carbonyl (C=O) groups is 1. The van der Waals surface area contributed by atoms with Gasteiger partial charge in [-0.25, -0.2) is 0 Å². The van der Waals surface area contributed by atoms with E-state index in [9.17, 15) is 4.79 Å². The first-order valence-corrected chi connectivity index (χ1v) is 7.80. The molecule has 1 N–H and O–H groups in total. The van der Waals surface area contributed by atoms with Crippen molar-refractivity contribution in [1.82, 2.24) is 5.32 Å². The van der Waals surface area contributed by atoms with E-state index in [1.54, 1.807) is 7.11 Å². The van der Waals surface area contributed by atoms with Gasteiger partial charge in [0.25, 0.3) is 5.91 Å². The fourth-order valence-corrected chi connectivity index (χ4v) is 2.72. The molecule has 0 saturated carbocycles. The number of ether oxygens (including phenoxy) is 1. The van der Waals surface area contributed by atoms with Gasteiger partial charge in [0.05, 0.1) is 13.2 Å². The van der Waals surface area contributed by atoms with Crippen molar-refractivity contribution in [3.8, 4) is 5.75 Å². The summed E-state index contributed by atoms with van der Waals surface area (Å²) in [6, 6.07) is 13.4. The lowest BCUT2D eigenvalue weighted by Gasteiger charge is -2.18. The van der Waals surface area contributed by atoms with Crippen LogP contribution >= 0.6 is 22.6 Å². The number of rotatable bonds is 4. The summed E-state index contributed by atoms with van der Waals surface area (Å²) >= 11 is 2.20. The highest BCUT2D eigenvalue weighted by molar-refractivity contribution is 14.1. The van der Waals surface area contributed by atoms with E-state index in [0.717, 1.165) is 20.4 Å². The lowest BCUT2D eigenvalue weighted by molar-refractivity contribution is 0.0939. The van der Waals surface area contributed by atoms with E-state index in [0.29, 0.717) is 5.56 Å². The highest BCUT2D eigenvalue weighted by atomic mass is 127. The van der Waals surface area contributed by atoms with Crippen LogP contribution in [0.1, 0.15) is 34.5 Å². The Morgan fingerprint density at radius 2 is 2.00 bits per heavy atom. The average molecular weight is 395 g/mol. The van der Waals surface area contributed by atoms with Crippen LogP contribution < -0.4 is 10.1 Å². The maximum Gasteiger partial charge on any atom is 0.251 e. The van der Waals surface area contributed by atoms with Crippen LogP contribution in [0.4, 0.5) is 0 Å². The molecule has 0 bridgehead atoms. The minimum absolute atomic E-state index is 0.0791. The molecule has 0 aliphatic heterocycles. The number of aryl methyl sites for hydroxylation is 1. The Balaban J connectivity index is 2.20. The van der Waals surface area contributed by atoms with E-state index in [1.807, 2.05) is 56.3 Å². The van der Waals surface area contributed by atoms with Gasteiger partial charge in [-0.05, 0) is 60.7 Å². The van der Waals surface area contributed by atoms with Crippen LogP contribution in [0, 0.1) is 10.5 Å². The molecule has 4 heteroatoms. The molecule has 2 rings (SSSR count). The molecule has 2 aromatic carbocycles. The molecule has 0 radical (unpaired) electrons. The minimum atomic E-state index is -0.120. The summed E-state index contributed by atoms with van der Waals surface area (Å²) in [7, 11) is 1.64. The molecule has 0 aliphatic rings. The Kier molecular flexibility index (Phi) is 5.22. The summed E-state index contributed by atoms with van der Waals surface area (Å²) in [6.45, 7) is 3.99. The largest absolute Gasteiger partial charge is 0.496 e. The van der Waals surface area contributed by atoms with Crippen LogP contribution in [0.3, 0.4) is 0 Å². The number of nitrogens with one attached hydrogen (secondary N) is 1. The summed E-state index contributed by atoms with van der Waals surface area (Å²) in [5.41, 5.74) is 2.79. The minimum Gasteiger partial charge on any atom is -0.496 e. The Hall–Kier alpha value is -1.56. The van der Waals surface area contributed by atoms with Crippen LogP contribution in [0.15, 0.2) is 42.5 Å². The van der Waals surface area contributed by atoms with Crippen molar-refractivity contribution in [2.75, 3.05) is 7.11 Å². The van der Waals surface area contributed by atoms with E-state index < -0.39 is 0 Å². The molecule has 2 aromatic rings. The van der Waals surface area contributed by atoms with Crippen LogP contribution in [0.25, 0.3) is 0 Å². The van der Waals surface area contributed by atoms with Gasteiger partial charge in [-0.2, -0.15) is 0 Å². The molecule has 0 fully saturated rings. The Labute approximate surface area is 138 Å². The van der Waals surface area contributed by atoms with Crippen molar-refractivity contribution in [3.05, 3.63) is 62.7 Å². The molecule has 0 aliphatic carbocycles. The van der Waals surface area contributed by atoms with Crippen LogP contribution in [-0.4, -0.2) is 13.0 Å². The summed E-state index contributed by atoms with van der Waals surface area (Å²) < 4.78 is 6.42. The third-order valence-corrected chi connectivity index (χ3v) is 3.96. The van der Waals surface area contributed by atoms with Crippen molar-refractivity contribution in [3.63, 3.8) is 0 Å². The fourth-order valence-electron chi connectivity index (χ4n) is 2.18. The van der Waals surface area contributed by atoms with Gasteiger partial charge >= 0.3 is 0 Å². The van der Waals surface area contributed by atoms with Gasteiger partial charge in [0, 0.05) is 14.7 Å². The SMILES string of the molecule is COc1ccc(C)cc1[C@H](C)NC(=O)c1cccc(I)c1. The van der Waals surface area contributed by atoms with Gasteiger partial charge in [0.1, 0.15) is 5.75 Å². The molecule has 0 saturated heterocycles. The summed E-state index contributed by atoms with van der Waals surface area (Å²) in [6.07, 6.45) is 0. The van der Waals surface area contributed by atoms with E-state index in [1.165, 1.54) is 0 Å². The van der Waals surface area contributed by atoms with Crippen LogP contribution in [-0.2, 0) is 0 Å². The van der Waals surface area contributed by atoms with Gasteiger partial charge in [0.15, 0.2) is 0 Å². The van der Waals surface area contributed by atoms with Gasteiger partial charge in [-0.15, -0.1) is 0 Å². The first-order chi connectivity index (χ1) is 10.0. The van der Waals surface area contributed by atoms with Crippen LogP contribution in [0.2, 0.25) is 0 Å². The Morgan fingerprint density at radius 3 is 2.67 bits per heavy atom. The number of hydrogen-bond acceptors (Lipinski definition) is 2. The number of methoxy groups -OCH3 is 1. The smallest absolute Gasteiger partial charge is 0.251 e. The van der Waals surface area contributed by atoms with Crippen molar-refractivity contribution >= 4 is 28.5 Å². The first kappa shape index (κ1) is 15.8. The van der Waals surface area contributed by atoms with Gasteiger partial charge in [-0.1, -0.05) is 23.8 Å². The molecule has 1 atom stereocenters. The maximum atomic E-state index is 12.3. The quantitative estimate of drug-likeness (QED) is 0.792. The normalized spacial score (nSPS) is 11.8. The summed E-state index contributed by atoms with van der Waals surface area (Å²) in [5, 5.41) is 3.02. The molecule has 0 unspecified atom stereocenters. The van der Waals surface area contributed by atoms with Gasteiger partial charge < -0.3 is 10.1 Å². The van der Waals surface area contributed by atoms with Crippen LogP contribution in [0.5, 0.6) is 5.75 Å². The van der Waals surface area contributed by atoms with E-state index in [4.69, 9.17) is 4.74 Å². The molecular weight excluding hydrogens is 377 g/mol. The van der Waals surface area contributed by atoms with Crippen molar-refractivity contribution in [2.24, 2.45) is 0 Å². The molecular formula is C17H18INO2. The van der Waals surface area contributed by atoms with E-state index >= 15 is 0 Å². The standard InChI is InChI=1S/C17H18INO2/c1-11-7-8-16(21-3)15(9-11)12(2)19-17(20)13-5-4-6-14(18)10-13/h4-10,12H,1-3H3,(H,19,20)/t12-/m0/s1. The van der Waals surface area contributed by atoms with Gasteiger partial charge in [0.2, 0.25) is 0 Å². The molecule has 0 spiro atoms. The number of hydrogen-bond donors (Lipinski definition) is 1. The van der Waals surface area contributed by atoms with Crippen molar-refractivity contribution in [2.45, 2.75) is 19.9 Å². The van der Waals surface area contributed by atoms with Gasteiger partial charge in [-0.3, -0.25) is 4.79 Å².